The molecular weight excluding hydrogens is 148 g/mol. The molecule has 0 spiro atoms. The van der Waals surface area contributed by atoms with Gasteiger partial charge >= 0.3 is 0 Å². The van der Waals surface area contributed by atoms with Crippen molar-refractivity contribution in [3.8, 4) is 5.75 Å². The molecule has 1 nitrogen and oxygen atoms in total. The summed E-state index contributed by atoms with van der Waals surface area (Å²) < 4.78 is 5.10. The van der Waals surface area contributed by atoms with Crippen LogP contribution >= 0.6 is 11.6 Å². The van der Waals surface area contributed by atoms with E-state index in [9.17, 15) is 0 Å². The molecule has 0 aliphatic carbocycles. The first kappa shape index (κ1) is 7.42. The van der Waals surface area contributed by atoms with Crippen LogP contribution in [0.15, 0.2) is 30.3 Å². The molecule has 2 heteroatoms. The Bertz CT molecular complexity index is 174. The van der Waals surface area contributed by atoms with Gasteiger partial charge in [0.25, 0.3) is 0 Å². The number of para-hydroxylation sites is 1. The van der Waals surface area contributed by atoms with Crippen LogP contribution in [0.5, 0.6) is 5.75 Å². The van der Waals surface area contributed by atoms with Crippen molar-refractivity contribution in [3.05, 3.63) is 36.9 Å². The van der Waals surface area contributed by atoms with E-state index < -0.39 is 0 Å². The quantitative estimate of drug-likeness (QED) is 0.610. The van der Waals surface area contributed by atoms with Crippen molar-refractivity contribution >= 4 is 11.6 Å². The molecule has 0 atom stereocenters. The average molecular weight is 156 g/mol. The molecule has 0 fully saturated rings. The Morgan fingerprint density at radius 2 is 2.00 bits per heavy atom. The minimum Gasteiger partial charge on any atom is -0.485 e. The largest absolute Gasteiger partial charge is 0.485 e. The average Bonchev–Trinajstić information content (AvgIpc) is 2.03. The number of halogens is 1. The molecule has 0 unspecified atom stereocenters. The normalized spacial score (nSPS) is 9.30. The molecule has 0 aliphatic rings. The zero-order valence-electron chi connectivity index (χ0n) is 5.46. The molecule has 1 aromatic rings. The third-order valence-electron chi connectivity index (χ3n) is 1.03. The van der Waals surface area contributed by atoms with Crippen LogP contribution in [0.4, 0.5) is 0 Å². The maximum atomic E-state index is 5.37. The van der Waals surface area contributed by atoms with E-state index in [0.717, 1.165) is 5.75 Å². The lowest BCUT2D eigenvalue weighted by atomic mass is 10.3. The van der Waals surface area contributed by atoms with E-state index in [4.69, 9.17) is 16.3 Å². The second-order valence-electron chi connectivity index (χ2n) is 1.75. The van der Waals surface area contributed by atoms with E-state index >= 15 is 0 Å². The van der Waals surface area contributed by atoms with Gasteiger partial charge in [-0.2, -0.15) is 0 Å². The van der Waals surface area contributed by atoms with E-state index in [1.807, 2.05) is 30.3 Å². The first-order chi connectivity index (χ1) is 4.93. The van der Waals surface area contributed by atoms with Crippen molar-refractivity contribution in [1.82, 2.24) is 0 Å². The minimum absolute atomic E-state index is 0.412. The predicted molar refractivity (Wildman–Crippen MR) is 42.1 cm³/mol. The van der Waals surface area contributed by atoms with Crippen molar-refractivity contribution in [3.63, 3.8) is 0 Å². The second kappa shape index (κ2) is 4.18. The molecule has 0 bridgehead atoms. The van der Waals surface area contributed by atoms with Gasteiger partial charge in [0.1, 0.15) is 12.4 Å². The molecule has 53 valence electrons. The Labute approximate surface area is 65.6 Å². The fourth-order valence-corrected chi connectivity index (χ4v) is 0.690. The lowest BCUT2D eigenvalue weighted by Gasteiger charge is -1.99. The molecule has 0 amide bonds. The predicted octanol–water partition coefficient (Wildman–Crippen LogP) is 2.47. The highest BCUT2D eigenvalue weighted by atomic mass is 35.5. The maximum absolute atomic E-state index is 5.37. The van der Waals surface area contributed by atoms with Gasteiger partial charge in [-0.15, -0.1) is 11.6 Å². The molecule has 0 saturated heterocycles. The Kier molecular flexibility index (Phi) is 3.10. The first-order valence-electron chi connectivity index (χ1n) is 3.03. The van der Waals surface area contributed by atoms with Crippen LogP contribution in [-0.4, -0.2) is 5.88 Å². The summed E-state index contributed by atoms with van der Waals surface area (Å²) in [4.78, 5) is 0. The smallest absolute Gasteiger partial charge is 0.150 e. The van der Waals surface area contributed by atoms with E-state index in [0.29, 0.717) is 5.88 Å². The van der Waals surface area contributed by atoms with Crippen LogP contribution in [0, 0.1) is 6.61 Å². The summed E-state index contributed by atoms with van der Waals surface area (Å²) >= 11 is 5.37. The lowest BCUT2D eigenvalue weighted by Crippen LogP contribution is -1.89. The molecular formula is C8H8ClO. The van der Waals surface area contributed by atoms with Gasteiger partial charge in [0, 0.05) is 0 Å². The molecule has 1 radical (unpaired) electrons. The summed E-state index contributed by atoms with van der Waals surface area (Å²) in [5.41, 5.74) is 0. The van der Waals surface area contributed by atoms with Crippen LogP contribution in [-0.2, 0) is 0 Å². The maximum Gasteiger partial charge on any atom is 0.150 e. The second-order valence-corrected chi connectivity index (χ2v) is 2.06. The highest BCUT2D eigenvalue weighted by Crippen LogP contribution is 2.08. The third kappa shape index (κ3) is 2.28. The number of benzene rings is 1. The van der Waals surface area contributed by atoms with E-state index in [2.05, 4.69) is 0 Å². The van der Waals surface area contributed by atoms with Crippen LogP contribution in [0.2, 0.25) is 0 Å². The fourth-order valence-electron chi connectivity index (χ4n) is 0.627. The van der Waals surface area contributed by atoms with Crippen molar-refractivity contribution in [2.24, 2.45) is 0 Å². The van der Waals surface area contributed by atoms with Gasteiger partial charge < -0.3 is 4.74 Å². The third-order valence-corrected chi connectivity index (χ3v) is 1.15. The summed E-state index contributed by atoms with van der Waals surface area (Å²) in [6.07, 6.45) is 0. The Morgan fingerprint density at radius 3 is 2.60 bits per heavy atom. The monoisotopic (exact) mass is 155 g/mol. The molecule has 0 heterocycles. The van der Waals surface area contributed by atoms with Crippen molar-refractivity contribution < 1.29 is 4.74 Å². The first-order valence-corrected chi connectivity index (χ1v) is 3.56. The van der Waals surface area contributed by atoms with E-state index in [1.54, 1.807) is 6.61 Å². The number of hydrogen-bond donors (Lipinski definition) is 0. The van der Waals surface area contributed by atoms with Gasteiger partial charge in [-0.05, 0) is 12.1 Å². The molecule has 0 aromatic heterocycles. The molecule has 0 N–H and O–H groups in total. The highest BCUT2D eigenvalue weighted by molar-refractivity contribution is 6.18. The molecule has 1 rings (SSSR count). The van der Waals surface area contributed by atoms with Crippen LogP contribution < -0.4 is 4.74 Å². The van der Waals surface area contributed by atoms with Gasteiger partial charge in [-0.3, -0.25) is 0 Å². The zero-order chi connectivity index (χ0) is 7.23. The molecule has 0 saturated carbocycles. The topological polar surface area (TPSA) is 9.23 Å². The highest BCUT2D eigenvalue weighted by Gasteiger charge is 1.88. The summed E-state index contributed by atoms with van der Waals surface area (Å²) in [5.74, 6) is 1.23. The van der Waals surface area contributed by atoms with Crippen LogP contribution in [0.1, 0.15) is 0 Å². The summed E-state index contributed by atoms with van der Waals surface area (Å²) in [7, 11) is 0. The SMILES string of the molecule is ClC[CH]Oc1ccccc1. The Balaban J connectivity index is 2.43. The zero-order valence-corrected chi connectivity index (χ0v) is 6.21. The molecule has 10 heavy (non-hydrogen) atoms. The van der Waals surface area contributed by atoms with Crippen molar-refractivity contribution in [1.29, 1.82) is 0 Å². The van der Waals surface area contributed by atoms with Crippen LogP contribution in [0.3, 0.4) is 0 Å². The molecule has 1 aromatic carbocycles. The fraction of sp³-hybridized carbons (Fsp3) is 0.125. The number of ether oxygens (including phenoxy) is 1. The lowest BCUT2D eigenvalue weighted by molar-refractivity contribution is 0.418. The Morgan fingerprint density at radius 1 is 1.30 bits per heavy atom. The standard InChI is InChI=1S/C8H8ClO/c9-6-7-10-8-4-2-1-3-5-8/h1-5,7H,6H2. The van der Waals surface area contributed by atoms with E-state index in [1.165, 1.54) is 0 Å². The minimum atomic E-state index is 0.412. The Hall–Kier alpha value is -0.690. The van der Waals surface area contributed by atoms with Gasteiger partial charge in [0.15, 0.2) is 0 Å². The van der Waals surface area contributed by atoms with Gasteiger partial charge in [-0.25, -0.2) is 0 Å². The number of hydrogen-bond acceptors (Lipinski definition) is 1. The number of alkyl halides is 1. The van der Waals surface area contributed by atoms with Crippen LogP contribution in [0.25, 0.3) is 0 Å². The molecule has 0 aliphatic heterocycles. The van der Waals surface area contributed by atoms with Gasteiger partial charge in [-0.1, -0.05) is 18.2 Å². The van der Waals surface area contributed by atoms with Crippen molar-refractivity contribution in [2.45, 2.75) is 0 Å². The number of rotatable bonds is 3. The summed E-state index contributed by atoms with van der Waals surface area (Å²) in [6, 6.07) is 9.52. The van der Waals surface area contributed by atoms with Crippen molar-refractivity contribution in [2.75, 3.05) is 5.88 Å². The summed E-state index contributed by atoms with van der Waals surface area (Å²) in [6.45, 7) is 1.55. The van der Waals surface area contributed by atoms with Gasteiger partial charge in [0.05, 0.1) is 5.88 Å². The van der Waals surface area contributed by atoms with E-state index in [-0.39, 0.29) is 0 Å². The summed E-state index contributed by atoms with van der Waals surface area (Å²) in [5, 5.41) is 0. The van der Waals surface area contributed by atoms with Gasteiger partial charge in [0.2, 0.25) is 0 Å².